The second-order valence-corrected chi connectivity index (χ2v) is 5.45. The van der Waals surface area contributed by atoms with E-state index in [9.17, 15) is 9.59 Å². The van der Waals surface area contributed by atoms with Crippen LogP contribution in [-0.4, -0.2) is 30.2 Å². The minimum atomic E-state index is -0.822. The molecule has 0 radical (unpaired) electrons. The molecule has 0 aromatic heterocycles. The molecule has 18 heavy (non-hydrogen) atoms. The number of carbonyl (C=O) groups excluding carboxylic acids is 1. The molecule has 0 aromatic rings. The molecule has 0 saturated heterocycles. The van der Waals surface area contributed by atoms with Crippen molar-refractivity contribution in [3.8, 4) is 0 Å². The number of nitrogens with one attached hydrogen (secondary N) is 2. The maximum atomic E-state index is 11.5. The van der Waals surface area contributed by atoms with E-state index in [-0.39, 0.29) is 6.03 Å². The molecule has 3 unspecified atom stereocenters. The van der Waals surface area contributed by atoms with Gasteiger partial charge >= 0.3 is 12.0 Å². The third kappa shape index (κ3) is 5.38. The van der Waals surface area contributed by atoms with Gasteiger partial charge in [-0.3, -0.25) is 4.79 Å². The highest BCUT2D eigenvalue weighted by molar-refractivity contribution is 5.74. The van der Waals surface area contributed by atoms with Crippen LogP contribution in [-0.2, 0) is 4.79 Å². The first-order valence-corrected chi connectivity index (χ1v) is 6.73. The largest absolute Gasteiger partial charge is 0.481 e. The maximum Gasteiger partial charge on any atom is 0.314 e. The smallest absolute Gasteiger partial charge is 0.314 e. The van der Waals surface area contributed by atoms with Crippen LogP contribution >= 0.6 is 0 Å². The second-order valence-electron chi connectivity index (χ2n) is 5.45. The number of hydrogen-bond donors (Lipinski definition) is 3. The van der Waals surface area contributed by atoms with Crippen molar-refractivity contribution >= 4 is 12.0 Å². The molecule has 5 heteroatoms. The van der Waals surface area contributed by atoms with Gasteiger partial charge in [-0.2, -0.15) is 0 Å². The SMILES string of the molecule is CC1CCC(CNC(=O)NCCC(C)C(=O)O)C1. The lowest BCUT2D eigenvalue weighted by atomic mass is 10.1. The van der Waals surface area contributed by atoms with Gasteiger partial charge < -0.3 is 15.7 Å². The van der Waals surface area contributed by atoms with Crippen LogP contribution < -0.4 is 10.6 Å². The van der Waals surface area contributed by atoms with Crippen molar-refractivity contribution in [2.24, 2.45) is 17.8 Å². The Hall–Kier alpha value is -1.26. The minimum Gasteiger partial charge on any atom is -0.481 e. The zero-order valence-electron chi connectivity index (χ0n) is 11.2. The molecular formula is C13H24N2O3. The number of carbonyl (C=O) groups is 2. The van der Waals surface area contributed by atoms with Gasteiger partial charge in [0, 0.05) is 13.1 Å². The molecule has 1 aliphatic rings. The van der Waals surface area contributed by atoms with Gasteiger partial charge in [0.2, 0.25) is 0 Å². The Morgan fingerprint density at radius 1 is 1.33 bits per heavy atom. The van der Waals surface area contributed by atoms with Gasteiger partial charge in [0.05, 0.1) is 5.92 Å². The van der Waals surface area contributed by atoms with E-state index in [0.717, 1.165) is 12.5 Å². The third-order valence-corrected chi connectivity index (χ3v) is 3.64. The lowest BCUT2D eigenvalue weighted by Gasteiger charge is -2.12. The quantitative estimate of drug-likeness (QED) is 0.678. The summed E-state index contributed by atoms with van der Waals surface area (Å²) in [4.78, 5) is 22.0. The Kier molecular flexibility index (Phi) is 5.95. The van der Waals surface area contributed by atoms with Gasteiger partial charge in [-0.1, -0.05) is 20.3 Å². The summed E-state index contributed by atoms with van der Waals surface area (Å²) in [7, 11) is 0. The van der Waals surface area contributed by atoms with Gasteiger partial charge in [-0.25, -0.2) is 4.79 Å². The van der Waals surface area contributed by atoms with E-state index in [1.807, 2.05) is 0 Å². The first-order valence-electron chi connectivity index (χ1n) is 6.73. The van der Waals surface area contributed by atoms with E-state index >= 15 is 0 Å². The number of aliphatic carboxylic acids is 1. The van der Waals surface area contributed by atoms with Crippen LogP contribution in [0.5, 0.6) is 0 Å². The molecule has 1 saturated carbocycles. The van der Waals surface area contributed by atoms with Crippen LogP contribution in [0.2, 0.25) is 0 Å². The zero-order chi connectivity index (χ0) is 13.5. The Labute approximate surface area is 108 Å². The minimum absolute atomic E-state index is 0.188. The molecule has 5 nitrogen and oxygen atoms in total. The Bertz CT molecular complexity index is 294. The molecule has 0 spiro atoms. The molecule has 1 fully saturated rings. The molecule has 0 aliphatic heterocycles. The Balaban J connectivity index is 2.05. The van der Waals surface area contributed by atoms with Crippen LogP contribution in [0.3, 0.4) is 0 Å². The van der Waals surface area contributed by atoms with Crippen molar-refractivity contribution in [2.45, 2.75) is 39.5 Å². The van der Waals surface area contributed by atoms with Gasteiger partial charge in [0.15, 0.2) is 0 Å². The van der Waals surface area contributed by atoms with Crippen LogP contribution in [0.25, 0.3) is 0 Å². The van der Waals surface area contributed by atoms with Crippen molar-refractivity contribution in [1.29, 1.82) is 0 Å². The van der Waals surface area contributed by atoms with Crippen molar-refractivity contribution in [3.63, 3.8) is 0 Å². The highest BCUT2D eigenvalue weighted by Crippen LogP contribution is 2.29. The first kappa shape index (κ1) is 14.8. The average molecular weight is 256 g/mol. The van der Waals surface area contributed by atoms with Gasteiger partial charge in [-0.05, 0) is 31.1 Å². The van der Waals surface area contributed by atoms with E-state index in [4.69, 9.17) is 5.11 Å². The summed E-state index contributed by atoms with van der Waals surface area (Å²) in [6.45, 7) is 5.01. The fourth-order valence-corrected chi connectivity index (χ4v) is 2.34. The standard InChI is InChI=1S/C13H24N2O3/c1-9-3-4-11(7-9)8-15-13(18)14-6-5-10(2)12(16)17/h9-11H,3-8H2,1-2H3,(H,16,17)(H2,14,15,18). The fourth-order valence-electron chi connectivity index (χ4n) is 2.34. The average Bonchev–Trinajstić information content (AvgIpc) is 2.72. The molecule has 0 heterocycles. The number of carboxylic acids is 1. The maximum absolute atomic E-state index is 11.5. The summed E-state index contributed by atoms with van der Waals surface area (Å²) in [5.41, 5.74) is 0. The third-order valence-electron chi connectivity index (χ3n) is 3.64. The van der Waals surface area contributed by atoms with E-state index in [1.54, 1.807) is 6.92 Å². The van der Waals surface area contributed by atoms with Gasteiger partial charge in [0.25, 0.3) is 0 Å². The normalized spacial score (nSPS) is 24.6. The summed E-state index contributed by atoms with van der Waals surface area (Å²) in [5, 5.41) is 14.2. The number of amides is 2. The second kappa shape index (κ2) is 7.24. The summed E-state index contributed by atoms with van der Waals surface area (Å²) >= 11 is 0. The van der Waals surface area contributed by atoms with Crippen molar-refractivity contribution in [2.75, 3.05) is 13.1 Å². The lowest BCUT2D eigenvalue weighted by molar-refractivity contribution is -0.141. The van der Waals surface area contributed by atoms with Crippen molar-refractivity contribution in [1.82, 2.24) is 10.6 Å². The van der Waals surface area contributed by atoms with Crippen LogP contribution in [0, 0.1) is 17.8 Å². The topological polar surface area (TPSA) is 78.4 Å². The number of rotatable bonds is 6. The summed E-state index contributed by atoms with van der Waals surface area (Å²) in [5.74, 6) is 0.137. The van der Waals surface area contributed by atoms with Crippen LogP contribution in [0.1, 0.15) is 39.5 Å². The van der Waals surface area contributed by atoms with Crippen LogP contribution in [0.15, 0.2) is 0 Å². The summed E-state index contributed by atoms with van der Waals surface area (Å²) in [6, 6.07) is -0.188. The van der Waals surface area contributed by atoms with Crippen molar-refractivity contribution in [3.05, 3.63) is 0 Å². The molecular weight excluding hydrogens is 232 g/mol. The molecule has 3 N–H and O–H groups in total. The van der Waals surface area contributed by atoms with E-state index in [0.29, 0.717) is 18.9 Å². The van der Waals surface area contributed by atoms with E-state index in [1.165, 1.54) is 19.3 Å². The Morgan fingerprint density at radius 2 is 2.06 bits per heavy atom. The predicted octanol–water partition coefficient (Wildman–Crippen LogP) is 1.83. The number of hydrogen-bond acceptors (Lipinski definition) is 2. The fraction of sp³-hybridized carbons (Fsp3) is 0.846. The van der Waals surface area contributed by atoms with E-state index < -0.39 is 11.9 Å². The number of carboxylic acid groups (broad SMARTS) is 1. The molecule has 1 rings (SSSR count). The highest BCUT2D eigenvalue weighted by Gasteiger charge is 2.21. The summed E-state index contributed by atoms with van der Waals surface area (Å²) in [6.07, 6.45) is 4.10. The lowest BCUT2D eigenvalue weighted by Crippen LogP contribution is -2.39. The zero-order valence-corrected chi connectivity index (χ0v) is 11.2. The first-order chi connectivity index (χ1) is 8.49. The van der Waals surface area contributed by atoms with E-state index in [2.05, 4.69) is 17.6 Å². The molecule has 1 aliphatic carbocycles. The molecule has 0 aromatic carbocycles. The monoisotopic (exact) mass is 256 g/mol. The molecule has 3 atom stereocenters. The van der Waals surface area contributed by atoms with Crippen LogP contribution in [0.4, 0.5) is 4.79 Å². The summed E-state index contributed by atoms with van der Waals surface area (Å²) < 4.78 is 0. The predicted molar refractivity (Wildman–Crippen MR) is 69.3 cm³/mol. The van der Waals surface area contributed by atoms with Gasteiger partial charge in [0.1, 0.15) is 0 Å². The molecule has 104 valence electrons. The molecule has 0 bridgehead atoms. The highest BCUT2D eigenvalue weighted by atomic mass is 16.4. The Morgan fingerprint density at radius 3 is 2.61 bits per heavy atom. The molecule has 2 amide bonds. The van der Waals surface area contributed by atoms with Gasteiger partial charge in [-0.15, -0.1) is 0 Å². The van der Waals surface area contributed by atoms with Crippen molar-refractivity contribution < 1.29 is 14.7 Å². The number of urea groups is 1.